The quantitative estimate of drug-likeness (QED) is 0.600. The van der Waals surface area contributed by atoms with E-state index in [-0.39, 0.29) is 23.0 Å². The zero-order valence-corrected chi connectivity index (χ0v) is 12.9. The van der Waals surface area contributed by atoms with E-state index >= 15 is 0 Å². The Hall–Kier alpha value is -3.16. The van der Waals surface area contributed by atoms with Crippen molar-refractivity contribution in [1.29, 1.82) is 0 Å². The van der Waals surface area contributed by atoms with E-state index in [2.05, 4.69) is 0 Å². The van der Waals surface area contributed by atoms with Gasteiger partial charge in [0.1, 0.15) is 0 Å². The summed E-state index contributed by atoms with van der Waals surface area (Å²) in [6.07, 6.45) is 4.36. The SMILES string of the molecule is O=C(O)C1C2C=CC(C2)C1C(=O)O.O=C(O)c1ccccc1C(=O)O. The third-order valence-corrected chi connectivity index (χ3v) is 4.42. The van der Waals surface area contributed by atoms with Crippen LogP contribution in [0.25, 0.3) is 0 Å². The van der Waals surface area contributed by atoms with E-state index in [1.165, 1.54) is 24.3 Å². The first-order valence-corrected chi connectivity index (χ1v) is 7.43. The van der Waals surface area contributed by atoms with Crippen LogP contribution < -0.4 is 0 Å². The number of carboxylic acids is 4. The van der Waals surface area contributed by atoms with Crippen molar-refractivity contribution in [3.63, 3.8) is 0 Å². The van der Waals surface area contributed by atoms with Gasteiger partial charge < -0.3 is 20.4 Å². The third-order valence-electron chi connectivity index (χ3n) is 4.42. The van der Waals surface area contributed by atoms with Gasteiger partial charge in [0, 0.05) is 0 Å². The van der Waals surface area contributed by atoms with Crippen molar-refractivity contribution in [3.05, 3.63) is 47.5 Å². The first kappa shape index (κ1) is 18.2. The van der Waals surface area contributed by atoms with Gasteiger partial charge in [0.25, 0.3) is 0 Å². The maximum absolute atomic E-state index is 10.8. The number of allylic oxidation sites excluding steroid dienone is 2. The molecule has 2 aliphatic rings. The van der Waals surface area contributed by atoms with Crippen LogP contribution in [0.3, 0.4) is 0 Å². The lowest BCUT2D eigenvalue weighted by molar-refractivity contribution is -0.154. The summed E-state index contributed by atoms with van der Waals surface area (Å²) in [5.74, 6) is -5.98. The molecule has 8 nitrogen and oxygen atoms in total. The van der Waals surface area contributed by atoms with E-state index in [1.54, 1.807) is 0 Å². The normalized spacial score (nSPS) is 25.8. The molecule has 0 aliphatic heterocycles. The molecule has 4 N–H and O–H groups in total. The number of benzene rings is 1. The lowest BCUT2D eigenvalue weighted by atomic mass is 9.83. The molecular weight excluding hydrogens is 332 g/mol. The monoisotopic (exact) mass is 348 g/mol. The Labute approximate surface area is 142 Å². The second-order valence-corrected chi connectivity index (χ2v) is 5.83. The molecule has 0 heterocycles. The molecule has 1 fully saturated rings. The van der Waals surface area contributed by atoms with Gasteiger partial charge in [-0.1, -0.05) is 24.3 Å². The highest BCUT2D eigenvalue weighted by atomic mass is 16.4. The van der Waals surface area contributed by atoms with Crippen LogP contribution in [0.2, 0.25) is 0 Å². The minimum Gasteiger partial charge on any atom is -0.481 e. The highest BCUT2D eigenvalue weighted by Gasteiger charge is 2.51. The van der Waals surface area contributed by atoms with Gasteiger partial charge >= 0.3 is 23.9 Å². The summed E-state index contributed by atoms with van der Waals surface area (Å²) >= 11 is 0. The van der Waals surface area contributed by atoms with Crippen LogP contribution in [-0.2, 0) is 9.59 Å². The number of aromatic carboxylic acids is 2. The number of carbonyl (C=O) groups is 4. The lowest BCUT2D eigenvalue weighted by Crippen LogP contribution is -2.32. The smallest absolute Gasteiger partial charge is 0.336 e. The third kappa shape index (κ3) is 3.68. The highest BCUT2D eigenvalue weighted by Crippen LogP contribution is 2.48. The number of fused-ring (bicyclic) bond motifs is 2. The summed E-state index contributed by atoms with van der Waals surface area (Å²) < 4.78 is 0. The summed E-state index contributed by atoms with van der Waals surface area (Å²) in [5.41, 5.74) is -0.380. The fraction of sp³-hybridized carbons (Fsp3) is 0.294. The topological polar surface area (TPSA) is 149 Å². The molecule has 0 aromatic heterocycles. The van der Waals surface area contributed by atoms with Gasteiger partial charge in [-0.3, -0.25) is 9.59 Å². The number of carboxylic acid groups (broad SMARTS) is 4. The Morgan fingerprint density at radius 3 is 1.36 bits per heavy atom. The molecular formula is C17H16O8. The van der Waals surface area contributed by atoms with Gasteiger partial charge in [0.05, 0.1) is 23.0 Å². The fourth-order valence-corrected chi connectivity index (χ4v) is 3.35. The molecule has 2 bridgehead atoms. The predicted octanol–water partition coefficient (Wildman–Crippen LogP) is 1.68. The Balaban J connectivity index is 0.000000181. The average molecular weight is 348 g/mol. The van der Waals surface area contributed by atoms with Crippen molar-refractivity contribution in [2.75, 3.05) is 0 Å². The van der Waals surface area contributed by atoms with Crippen molar-refractivity contribution in [2.45, 2.75) is 6.42 Å². The Kier molecular flexibility index (Phi) is 5.21. The van der Waals surface area contributed by atoms with Crippen molar-refractivity contribution < 1.29 is 39.6 Å². The van der Waals surface area contributed by atoms with Gasteiger partial charge in [-0.25, -0.2) is 9.59 Å². The molecule has 0 saturated heterocycles. The molecule has 1 aromatic rings. The highest BCUT2D eigenvalue weighted by molar-refractivity contribution is 6.01. The first-order valence-electron chi connectivity index (χ1n) is 7.43. The zero-order valence-electron chi connectivity index (χ0n) is 12.9. The minimum atomic E-state index is -1.23. The number of aliphatic carboxylic acids is 2. The number of rotatable bonds is 4. The van der Waals surface area contributed by atoms with Gasteiger partial charge in [0.2, 0.25) is 0 Å². The molecule has 4 atom stereocenters. The van der Waals surface area contributed by atoms with Crippen LogP contribution in [0.15, 0.2) is 36.4 Å². The summed E-state index contributed by atoms with van der Waals surface area (Å²) in [7, 11) is 0. The van der Waals surface area contributed by atoms with Gasteiger partial charge in [-0.2, -0.15) is 0 Å². The van der Waals surface area contributed by atoms with Crippen LogP contribution in [0.5, 0.6) is 0 Å². The van der Waals surface area contributed by atoms with E-state index in [0.29, 0.717) is 6.42 Å². The van der Waals surface area contributed by atoms with E-state index in [4.69, 9.17) is 20.4 Å². The van der Waals surface area contributed by atoms with Crippen LogP contribution >= 0.6 is 0 Å². The lowest BCUT2D eigenvalue weighted by Gasteiger charge is -2.20. The van der Waals surface area contributed by atoms with Crippen molar-refractivity contribution in [1.82, 2.24) is 0 Å². The van der Waals surface area contributed by atoms with Crippen molar-refractivity contribution in [2.24, 2.45) is 23.7 Å². The number of hydrogen-bond acceptors (Lipinski definition) is 4. The second kappa shape index (κ2) is 7.16. The molecule has 1 saturated carbocycles. The van der Waals surface area contributed by atoms with Crippen LogP contribution in [-0.4, -0.2) is 44.3 Å². The Bertz CT molecular complexity index is 690. The molecule has 132 valence electrons. The van der Waals surface area contributed by atoms with E-state index < -0.39 is 35.7 Å². The summed E-state index contributed by atoms with van der Waals surface area (Å²) in [4.78, 5) is 42.5. The molecule has 8 heteroatoms. The zero-order chi connectivity index (χ0) is 18.7. The number of hydrogen-bond donors (Lipinski definition) is 4. The Morgan fingerprint density at radius 2 is 1.08 bits per heavy atom. The van der Waals surface area contributed by atoms with Crippen LogP contribution in [0, 0.1) is 23.7 Å². The molecule has 0 spiro atoms. The van der Waals surface area contributed by atoms with Crippen LogP contribution in [0.1, 0.15) is 27.1 Å². The van der Waals surface area contributed by atoms with Crippen molar-refractivity contribution in [3.8, 4) is 0 Å². The van der Waals surface area contributed by atoms with E-state index in [0.717, 1.165) is 0 Å². The largest absolute Gasteiger partial charge is 0.481 e. The van der Waals surface area contributed by atoms with E-state index in [9.17, 15) is 19.2 Å². The molecule has 2 aliphatic carbocycles. The maximum Gasteiger partial charge on any atom is 0.336 e. The summed E-state index contributed by atoms with van der Waals surface area (Å²) in [6, 6.07) is 5.48. The van der Waals surface area contributed by atoms with Crippen LogP contribution in [0.4, 0.5) is 0 Å². The van der Waals surface area contributed by atoms with Gasteiger partial charge in [-0.15, -0.1) is 0 Å². The Morgan fingerprint density at radius 1 is 0.720 bits per heavy atom. The second-order valence-electron chi connectivity index (χ2n) is 5.83. The van der Waals surface area contributed by atoms with Gasteiger partial charge in [-0.05, 0) is 30.4 Å². The fourth-order valence-electron chi connectivity index (χ4n) is 3.35. The molecule has 0 radical (unpaired) electrons. The average Bonchev–Trinajstić information content (AvgIpc) is 3.16. The summed E-state index contributed by atoms with van der Waals surface area (Å²) in [5, 5.41) is 34.8. The maximum atomic E-state index is 10.8. The molecule has 3 rings (SSSR count). The molecule has 1 aromatic carbocycles. The molecule has 25 heavy (non-hydrogen) atoms. The molecule has 0 amide bonds. The minimum absolute atomic E-state index is 0.0661. The standard InChI is InChI=1S/C9H10O4.C8H6O4/c10-8(11)6-4-1-2-5(3-4)7(6)9(12)13;9-7(10)5-3-1-2-4-6(5)8(11)12/h1-2,4-7H,3H2,(H,10,11)(H,12,13);1-4H,(H,9,10)(H,11,12). The first-order chi connectivity index (χ1) is 11.7. The van der Waals surface area contributed by atoms with Gasteiger partial charge in [0.15, 0.2) is 0 Å². The predicted molar refractivity (Wildman–Crippen MR) is 83.3 cm³/mol. The summed E-state index contributed by atoms with van der Waals surface area (Å²) in [6.45, 7) is 0. The van der Waals surface area contributed by atoms with E-state index in [1.807, 2.05) is 12.2 Å². The van der Waals surface area contributed by atoms with Crippen molar-refractivity contribution >= 4 is 23.9 Å². The molecule has 4 unspecified atom stereocenters.